The third kappa shape index (κ3) is 5.80. The molecule has 1 aromatic heterocycles. The molecule has 0 fully saturated rings. The Hall–Kier alpha value is -3.71. The number of fused-ring (bicyclic) bond motifs is 1. The standard InChI is InChI=1S/C27H27N3O3S/c1-2-33-24-15-9-7-13-22(24)29-26(31)19-34-25-18-30(23-14-8-6-12-21(23)25)17-16-28-27(32)20-10-4-3-5-11-20/h3-15,18H,2,16-17,19H2,1H3,(H,28,32)(H,29,31). The van der Waals surface area contributed by atoms with Crippen LogP contribution in [0.25, 0.3) is 10.9 Å². The fourth-order valence-electron chi connectivity index (χ4n) is 3.68. The molecule has 7 heteroatoms. The number of hydrogen-bond donors (Lipinski definition) is 2. The number of carbonyl (C=O) groups is 2. The summed E-state index contributed by atoms with van der Waals surface area (Å²) in [6, 6.07) is 24.7. The number of benzene rings is 3. The van der Waals surface area contributed by atoms with E-state index < -0.39 is 0 Å². The van der Waals surface area contributed by atoms with Crippen molar-refractivity contribution in [1.82, 2.24) is 9.88 Å². The van der Waals surface area contributed by atoms with E-state index in [1.54, 1.807) is 12.1 Å². The molecule has 4 rings (SSSR count). The van der Waals surface area contributed by atoms with E-state index in [2.05, 4.69) is 27.3 Å². The van der Waals surface area contributed by atoms with Gasteiger partial charge in [-0.3, -0.25) is 9.59 Å². The summed E-state index contributed by atoms with van der Waals surface area (Å²) in [5, 5.41) is 7.00. The number of hydrogen-bond acceptors (Lipinski definition) is 4. The summed E-state index contributed by atoms with van der Waals surface area (Å²) in [4.78, 5) is 26.0. The molecule has 0 saturated heterocycles. The SMILES string of the molecule is CCOc1ccccc1NC(=O)CSc1cn(CCNC(=O)c2ccccc2)c2ccccc12. The summed E-state index contributed by atoms with van der Waals surface area (Å²) < 4.78 is 7.71. The summed E-state index contributed by atoms with van der Waals surface area (Å²) in [6.07, 6.45) is 2.05. The molecule has 0 radical (unpaired) electrons. The van der Waals surface area contributed by atoms with E-state index in [0.29, 0.717) is 36.7 Å². The molecule has 0 bridgehead atoms. The van der Waals surface area contributed by atoms with Crippen molar-refractivity contribution in [3.8, 4) is 5.75 Å². The minimum absolute atomic E-state index is 0.0873. The van der Waals surface area contributed by atoms with Crippen LogP contribution in [-0.4, -0.2) is 35.3 Å². The quantitative estimate of drug-likeness (QED) is 0.311. The first-order chi connectivity index (χ1) is 16.7. The number of rotatable bonds is 10. The van der Waals surface area contributed by atoms with Crippen molar-refractivity contribution in [2.45, 2.75) is 18.4 Å². The van der Waals surface area contributed by atoms with Gasteiger partial charge in [-0.15, -0.1) is 11.8 Å². The van der Waals surface area contributed by atoms with Gasteiger partial charge in [0.2, 0.25) is 5.91 Å². The lowest BCUT2D eigenvalue weighted by molar-refractivity contribution is -0.113. The van der Waals surface area contributed by atoms with Crippen LogP contribution in [0.1, 0.15) is 17.3 Å². The van der Waals surface area contributed by atoms with Crippen LogP contribution in [0.4, 0.5) is 5.69 Å². The monoisotopic (exact) mass is 473 g/mol. The van der Waals surface area contributed by atoms with Crippen molar-refractivity contribution in [3.63, 3.8) is 0 Å². The predicted molar refractivity (Wildman–Crippen MR) is 138 cm³/mol. The first-order valence-corrected chi connectivity index (χ1v) is 12.2. The van der Waals surface area contributed by atoms with Crippen LogP contribution < -0.4 is 15.4 Å². The molecule has 174 valence electrons. The Bertz CT molecular complexity index is 1270. The molecule has 0 spiro atoms. The first-order valence-electron chi connectivity index (χ1n) is 11.2. The number of anilines is 1. The maximum atomic E-state index is 12.6. The third-order valence-corrected chi connectivity index (χ3v) is 6.29. The fraction of sp³-hybridized carbons (Fsp3) is 0.185. The van der Waals surface area contributed by atoms with Gasteiger partial charge in [0, 0.05) is 40.6 Å². The van der Waals surface area contributed by atoms with Crippen molar-refractivity contribution in [2.75, 3.05) is 24.2 Å². The van der Waals surface area contributed by atoms with E-state index in [9.17, 15) is 9.59 Å². The van der Waals surface area contributed by atoms with Gasteiger partial charge in [-0.1, -0.05) is 48.5 Å². The lowest BCUT2D eigenvalue weighted by Gasteiger charge is -2.11. The Labute approximate surface area is 203 Å². The lowest BCUT2D eigenvalue weighted by atomic mass is 10.2. The van der Waals surface area contributed by atoms with Gasteiger partial charge in [0.25, 0.3) is 5.91 Å². The van der Waals surface area contributed by atoms with Gasteiger partial charge in [0.15, 0.2) is 0 Å². The maximum Gasteiger partial charge on any atom is 0.251 e. The number of carbonyl (C=O) groups excluding carboxylic acids is 2. The molecule has 0 unspecified atom stereocenters. The molecule has 0 aliphatic heterocycles. The normalized spacial score (nSPS) is 10.7. The molecule has 0 atom stereocenters. The molecular formula is C27H27N3O3S. The molecular weight excluding hydrogens is 446 g/mol. The van der Waals surface area contributed by atoms with Gasteiger partial charge in [0.05, 0.1) is 18.0 Å². The van der Waals surface area contributed by atoms with Crippen LogP contribution in [0, 0.1) is 0 Å². The van der Waals surface area contributed by atoms with E-state index in [4.69, 9.17) is 4.74 Å². The number of ether oxygens (including phenoxy) is 1. The predicted octanol–water partition coefficient (Wildman–Crippen LogP) is 5.20. The molecule has 0 aliphatic carbocycles. The van der Waals surface area contributed by atoms with E-state index in [-0.39, 0.29) is 17.6 Å². The van der Waals surface area contributed by atoms with Crippen LogP contribution >= 0.6 is 11.8 Å². The number of thioether (sulfide) groups is 1. The minimum Gasteiger partial charge on any atom is -0.492 e. The molecule has 0 aliphatic rings. The summed E-state index contributed by atoms with van der Waals surface area (Å²) >= 11 is 1.49. The molecule has 34 heavy (non-hydrogen) atoms. The average Bonchev–Trinajstić information content (AvgIpc) is 3.22. The maximum absolute atomic E-state index is 12.6. The van der Waals surface area contributed by atoms with Gasteiger partial charge >= 0.3 is 0 Å². The summed E-state index contributed by atoms with van der Waals surface area (Å²) in [5.41, 5.74) is 2.39. The smallest absolute Gasteiger partial charge is 0.251 e. The average molecular weight is 474 g/mol. The van der Waals surface area contributed by atoms with Gasteiger partial charge in [-0.05, 0) is 37.3 Å². The highest BCUT2D eigenvalue weighted by Gasteiger charge is 2.13. The highest BCUT2D eigenvalue weighted by molar-refractivity contribution is 8.00. The molecule has 3 aromatic carbocycles. The minimum atomic E-state index is -0.0934. The summed E-state index contributed by atoms with van der Waals surface area (Å²) in [7, 11) is 0. The van der Waals surface area contributed by atoms with Crippen LogP contribution in [-0.2, 0) is 11.3 Å². The van der Waals surface area contributed by atoms with Crippen LogP contribution in [0.5, 0.6) is 5.75 Å². The number of para-hydroxylation sites is 3. The Morgan fingerprint density at radius 2 is 1.68 bits per heavy atom. The van der Waals surface area contributed by atoms with Crippen molar-refractivity contribution >= 4 is 40.2 Å². The first kappa shape index (κ1) is 23.4. The van der Waals surface area contributed by atoms with Crippen molar-refractivity contribution in [2.24, 2.45) is 0 Å². The Morgan fingerprint density at radius 1 is 0.941 bits per heavy atom. The molecule has 6 nitrogen and oxygen atoms in total. The third-order valence-electron chi connectivity index (χ3n) is 5.25. The highest BCUT2D eigenvalue weighted by atomic mass is 32.2. The number of nitrogens with zero attached hydrogens (tertiary/aromatic N) is 1. The molecule has 2 amide bonds. The van der Waals surface area contributed by atoms with Crippen molar-refractivity contribution in [1.29, 1.82) is 0 Å². The Morgan fingerprint density at radius 3 is 2.50 bits per heavy atom. The van der Waals surface area contributed by atoms with Crippen LogP contribution in [0.3, 0.4) is 0 Å². The molecule has 2 N–H and O–H groups in total. The zero-order chi connectivity index (χ0) is 23.8. The van der Waals surface area contributed by atoms with Crippen LogP contribution in [0.2, 0.25) is 0 Å². The lowest BCUT2D eigenvalue weighted by Crippen LogP contribution is -2.26. The topological polar surface area (TPSA) is 72.4 Å². The van der Waals surface area contributed by atoms with Crippen molar-refractivity contribution < 1.29 is 14.3 Å². The zero-order valence-electron chi connectivity index (χ0n) is 19.0. The van der Waals surface area contributed by atoms with E-state index in [1.165, 1.54) is 11.8 Å². The second-order valence-corrected chi connectivity index (χ2v) is 8.61. The Kier molecular flexibility index (Phi) is 7.88. The second kappa shape index (κ2) is 11.4. The van der Waals surface area contributed by atoms with E-state index in [0.717, 1.165) is 15.8 Å². The fourth-order valence-corrected chi connectivity index (χ4v) is 4.56. The van der Waals surface area contributed by atoms with Gasteiger partial charge in [-0.2, -0.15) is 0 Å². The second-order valence-electron chi connectivity index (χ2n) is 7.59. The molecule has 0 saturated carbocycles. The molecule has 1 heterocycles. The zero-order valence-corrected chi connectivity index (χ0v) is 19.8. The van der Waals surface area contributed by atoms with Crippen LogP contribution in [0.15, 0.2) is 90.0 Å². The van der Waals surface area contributed by atoms with Gasteiger partial charge in [-0.25, -0.2) is 0 Å². The number of aromatic nitrogens is 1. The molecule has 4 aromatic rings. The van der Waals surface area contributed by atoms with Crippen molar-refractivity contribution in [3.05, 3.63) is 90.6 Å². The van der Waals surface area contributed by atoms with E-state index >= 15 is 0 Å². The number of amides is 2. The van der Waals surface area contributed by atoms with Gasteiger partial charge in [0.1, 0.15) is 5.75 Å². The summed E-state index contributed by atoms with van der Waals surface area (Å²) in [5.74, 6) is 0.761. The number of nitrogens with one attached hydrogen (secondary N) is 2. The highest BCUT2D eigenvalue weighted by Crippen LogP contribution is 2.30. The Balaban J connectivity index is 1.39. The largest absolute Gasteiger partial charge is 0.492 e. The summed E-state index contributed by atoms with van der Waals surface area (Å²) in [6.45, 7) is 3.59. The van der Waals surface area contributed by atoms with Gasteiger partial charge < -0.3 is 19.9 Å². The van der Waals surface area contributed by atoms with E-state index in [1.807, 2.05) is 67.7 Å².